The molecule has 0 saturated carbocycles. The number of hydrogen-bond donors (Lipinski definition) is 0. The summed E-state index contributed by atoms with van der Waals surface area (Å²) in [6, 6.07) is 0. The topological polar surface area (TPSA) is 0 Å². The van der Waals surface area contributed by atoms with Gasteiger partial charge >= 0.3 is 0 Å². The molecule has 0 fully saturated rings. The Labute approximate surface area is 127 Å². The van der Waals surface area contributed by atoms with Gasteiger partial charge in [-0.15, -0.1) is 0 Å². The highest BCUT2D eigenvalue weighted by atomic mass is 14.0. The Morgan fingerprint density at radius 1 is 0.300 bits per heavy atom. The van der Waals surface area contributed by atoms with E-state index in [0.29, 0.717) is 0 Å². The van der Waals surface area contributed by atoms with Gasteiger partial charge in [0.25, 0.3) is 0 Å². The summed E-state index contributed by atoms with van der Waals surface area (Å²) in [5, 5.41) is 0. The van der Waals surface area contributed by atoms with Crippen molar-refractivity contribution in [3.8, 4) is 0 Å². The van der Waals surface area contributed by atoms with Gasteiger partial charge in [0, 0.05) is 0 Å². The highest BCUT2D eigenvalue weighted by Crippen LogP contribution is 2.14. The summed E-state index contributed by atoms with van der Waals surface area (Å²) in [5.41, 5.74) is 0. The maximum atomic E-state index is 2.34. The summed E-state index contributed by atoms with van der Waals surface area (Å²) < 4.78 is 0. The molecule has 116 valence electrons. The quantitative estimate of drug-likeness (QED) is 0.433. The Morgan fingerprint density at radius 3 is 0.850 bits per heavy atom. The van der Waals surface area contributed by atoms with Gasteiger partial charge in [-0.05, 0) is 25.7 Å². The van der Waals surface area contributed by atoms with E-state index in [-0.39, 0.29) is 0 Å². The highest BCUT2D eigenvalue weighted by Gasteiger charge is 1.94. The van der Waals surface area contributed by atoms with Crippen LogP contribution in [-0.2, 0) is 0 Å². The van der Waals surface area contributed by atoms with Crippen molar-refractivity contribution in [1.29, 1.82) is 0 Å². The summed E-state index contributed by atoms with van der Waals surface area (Å²) in [6.07, 6.45) is 32.0. The molecule has 0 amide bonds. The zero-order valence-corrected chi connectivity index (χ0v) is 13.6. The van der Waals surface area contributed by atoms with E-state index in [1.165, 1.54) is 103 Å². The van der Waals surface area contributed by atoms with Crippen molar-refractivity contribution in [2.45, 2.75) is 103 Å². The molecule has 0 aliphatic heterocycles. The standard InChI is InChI=1S/C20H36/c1-2-4-6-8-10-12-14-16-18-20-19-17-15-13-11-9-7-5-3-1/h1-4H,5-20H2/b3-1+,4-2?. The Bertz CT molecular complexity index is 210. The average molecular weight is 277 g/mol. The largest absolute Gasteiger partial charge is 0.0845 e. The zero-order chi connectivity index (χ0) is 14.1. The number of rotatable bonds is 0. The van der Waals surface area contributed by atoms with Crippen molar-refractivity contribution in [2.24, 2.45) is 0 Å². The van der Waals surface area contributed by atoms with E-state index >= 15 is 0 Å². The van der Waals surface area contributed by atoms with Gasteiger partial charge in [-0.3, -0.25) is 0 Å². The molecule has 0 N–H and O–H groups in total. The van der Waals surface area contributed by atoms with E-state index in [1.807, 2.05) is 0 Å². The van der Waals surface area contributed by atoms with Crippen molar-refractivity contribution in [3.05, 3.63) is 24.3 Å². The zero-order valence-electron chi connectivity index (χ0n) is 13.6. The van der Waals surface area contributed by atoms with E-state index in [1.54, 1.807) is 0 Å². The van der Waals surface area contributed by atoms with Crippen molar-refractivity contribution < 1.29 is 0 Å². The maximum absolute atomic E-state index is 2.34. The normalized spacial score (nSPS) is 24.0. The molecule has 1 aliphatic rings. The lowest BCUT2D eigenvalue weighted by Gasteiger charge is -2.03. The first-order chi connectivity index (χ1) is 10.0. The third kappa shape index (κ3) is 12.5. The van der Waals surface area contributed by atoms with E-state index in [2.05, 4.69) is 24.3 Å². The minimum absolute atomic E-state index is 1.27. The molecule has 20 heavy (non-hydrogen) atoms. The van der Waals surface area contributed by atoms with Crippen LogP contribution in [0.5, 0.6) is 0 Å². The molecule has 1 rings (SSSR count). The lowest BCUT2D eigenvalue weighted by Crippen LogP contribution is -1.83. The van der Waals surface area contributed by atoms with Crippen molar-refractivity contribution in [1.82, 2.24) is 0 Å². The van der Waals surface area contributed by atoms with E-state index in [4.69, 9.17) is 0 Å². The second kappa shape index (κ2) is 14.9. The molecule has 0 atom stereocenters. The molecule has 0 spiro atoms. The molecule has 1 aliphatic carbocycles. The summed E-state index contributed by atoms with van der Waals surface area (Å²) in [4.78, 5) is 0. The Hall–Kier alpha value is -0.520. The van der Waals surface area contributed by atoms with Gasteiger partial charge in [0.2, 0.25) is 0 Å². The van der Waals surface area contributed by atoms with Gasteiger partial charge in [0.15, 0.2) is 0 Å². The van der Waals surface area contributed by atoms with E-state index < -0.39 is 0 Å². The smallest absolute Gasteiger partial charge is 0.0348 e. The molecule has 0 bridgehead atoms. The first kappa shape index (κ1) is 17.5. The maximum Gasteiger partial charge on any atom is -0.0348 e. The summed E-state index contributed by atoms with van der Waals surface area (Å²) in [5.74, 6) is 0. The number of hydrogen-bond acceptors (Lipinski definition) is 0. The first-order valence-corrected chi connectivity index (χ1v) is 9.32. The van der Waals surface area contributed by atoms with Gasteiger partial charge < -0.3 is 0 Å². The lowest BCUT2D eigenvalue weighted by atomic mass is 10.0. The predicted octanol–water partition coefficient (Wildman–Crippen LogP) is 7.35. The molecule has 0 aromatic carbocycles. The molecular weight excluding hydrogens is 240 g/mol. The van der Waals surface area contributed by atoms with E-state index in [0.717, 1.165) is 0 Å². The molecule has 0 radical (unpaired) electrons. The first-order valence-electron chi connectivity index (χ1n) is 9.32. The predicted molar refractivity (Wildman–Crippen MR) is 92.2 cm³/mol. The second-order valence-electron chi connectivity index (χ2n) is 6.38. The molecule has 0 nitrogen and oxygen atoms in total. The van der Waals surface area contributed by atoms with Crippen molar-refractivity contribution in [2.75, 3.05) is 0 Å². The van der Waals surface area contributed by atoms with Crippen LogP contribution in [0.3, 0.4) is 0 Å². The summed E-state index contributed by atoms with van der Waals surface area (Å²) in [7, 11) is 0. The molecule has 0 heteroatoms. The van der Waals surface area contributed by atoms with Crippen LogP contribution in [0.1, 0.15) is 103 Å². The van der Waals surface area contributed by atoms with Gasteiger partial charge in [-0.1, -0.05) is 101 Å². The molecule has 0 aromatic heterocycles. The fourth-order valence-corrected chi connectivity index (χ4v) is 3.00. The third-order valence-electron chi connectivity index (χ3n) is 4.37. The van der Waals surface area contributed by atoms with Crippen LogP contribution >= 0.6 is 0 Å². The SMILES string of the molecule is C1=CCCCCCCCCCCCCCCCC/C=C/1. The molecular formula is C20H36. The molecule has 0 unspecified atom stereocenters. The minimum Gasteiger partial charge on any atom is -0.0845 e. The minimum atomic E-state index is 1.27. The Balaban J connectivity index is 2.12. The Morgan fingerprint density at radius 2 is 0.550 bits per heavy atom. The van der Waals surface area contributed by atoms with Gasteiger partial charge in [-0.2, -0.15) is 0 Å². The summed E-state index contributed by atoms with van der Waals surface area (Å²) in [6.45, 7) is 0. The molecule has 0 heterocycles. The monoisotopic (exact) mass is 276 g/mol. The van der Waals surface area contributed by atoms with Crippen molar-refractivity contribution in [3.63, 3.8) is 0 Å². The fourth-order valence-electron chi connectivity index (χ4n) is 3.00. The second-order valence-corrected chi connectivity index (χ2v) is 6.38. The van der Waals surface area contributed by atoms with Crippen molar-refractivity contribution >= 4 is 0 Å². The van der Waals surface area contributed by atoms with Gasteiger partial charge in [-0.25, -0.2) is 0 Å². The van der Waals surface area contributed by atoms with Crippen LogP contribution in [0, 0.1) is 0 Å². The van der Waals surface area contributed by atoms with Crippen LogP contribution in [0.25, 0.3) is 0 Å². The van der Waals surface area contributed by atoms with Crippen LogP contribution < -0.4 is 0 Å². The third-order valence-corrected chi connectivity index (χ3v) is 4.37. The van der Waals surface area contributed by atoms with Crippen LogP contribution in [-0.4, -0.2) is 0 Å². The van der Waals surface area contributed by atoms with Gasteiger partial charge in [0.1, 0.15) is 0 Å². The van der Waals surface area contributed by atoms with Crippen LogP contribution in [0.15, 0.2) is 24.3 Å². The molecule has 0 saturated heterocycles. The Kier molecular flexibility index (Phi) is 13.0. The summed E-state index contributed by atoms with van der Waals surface area (Å²) >= 11 is 0. The van der Waals surface area contributed by atoms with Crippen LogP contribution in [0.2, 0.25) is 0 Å². The van der Waals surface area contributed by atoms with Crippen LogP contribution in [0.4, 0.5) is 0 Å². The fraction of sp³-hybridized carbons (Fsp3) is 0.800. The van der Waals surface area contributed by atoms with Gasteiger partial charge in [0.05, 0.1) is 0 Å². The highest BCUT2D eigenvalue weighted by molar-refractivity contribution is 5.02. The lowest BCUT2D eigenvalue weighted by molar-refractivity contribution is 0.534. The van der Waals surface area contributed by atoms with E-state index in [9.17, 15) is 0 Å². The number of allylic oxidation sites excluding steroid dienone is 4. The average Bonchev–Trinajstić information content (AvgIpc) is 2.46. The molecule has 0 aromatic rings.